The summed E-state index contributed by atoms with van der Waals surface area (Å²) >= 11 is 0. The summed E-state index contributed by atoms with van der Waals surface area (Å²) in [6.45, 7) is 3.67. The lowest BCUT2D eigenvalue weighted by molar-refractivity contribution is -0.128. The second-order valence-electron chi connectivity index (χ2n) is 6.49. The van der Waals surface area contributed by atoms with E-state index in [1.807, 2.05) is 19.9 Å². The lowest BCUT2D eigenvalue weighted by Gasteiger charge is -2.31. The Morgan fingerprint density at radius 2 is 1.80 bits per heavy atom. The molecule has 2 N–H and O–H groups in total. The van der Waals surface area contributed by atoms with E-state index in [9.17, 15) is 9.90 Å². The predicted molar refractivity (Wildman–Crippen MR) is 80.4 cm³/mol. The molecule has 1 aliphatic rings. The number of hydrogen-bond donors (Lipinski definition) is 2. The highest BCUT2D eigenvalue weighted by Gasteiger charge is 2.29. The molecule has 0 heterocycles. The van der Waals surface area contributed by atoms with Gasteiger partial charge in [0.2, 0.25) is 5.91 Å². The molecule has 3 nitrogen and oxygen atoms in total. The van der Waals surface area contributed by atoms with Gasteiger partial charge in [0.05, 0.1) is 12.1 Å². The summed E-state index contributed by atoms with van der Waals surface area (Å²) in [6, 6.07) is 10.6. The van der Waals surface area contributed by atoms with Crippen LogP contribution in [0.15, 0.2) is 30.3 Å². The number of carbonyl (C=O) groups excluding carboxylic acids is 1. The lowest BCUT2D eigenvalue weighted by Crippen LogP contribution is -2.49. The van der Waals surface area contributed by atoms with Crippen molar-refractivity contribution in [3.05, 3.63) is 35.9 Å². The molecule has 1 aliphatic carbocycles. The standard InChI is InChI=1S/C17H25NO2/c1-17(2,12-19)18-16(20)15-10-8-14(9-11-15)13-6-4-3-5-7-13/h3-7,14-15,19H,8-12H2,1-2H3,(H,18,20). The van der Waals surface area contributed by atoms with Crippen LogP contribution in [0, 0.1) is 5.92 Å². The van der Waals surface area contributed by atoms with E-state index in [1.165, 1.54) is 5.56 Å². The second kappa shape index (κ2) is 6.40. The number of rotatable bonds is 4. The van der Waals surface area contributed by atoms with E-state index in [4.69, 9.17) is 0 Å². The van der Waals surface area contributed by atoms with Gasteiger partial charge in [-0.3, -0.25) is 4.79 Å². The SMILES string of the molecule is CC(C)(CO)NC(=O)C1CCC(c2ccccc2)CC1. The van der Waals surface area contributed by atoms with E-state index in [0.29, 0.717) is 5.92 Å². The van der Waals surface area contributed by atoms with Crippen LogP contribution in [0.2, 0.25) is 0 Å². The quantitative estimate of drug-likeness (QED) is 0.887. The van der Waals surface area contributed by atoms with Crippen molar-refractivity contribution >= 4 is 5.91 Å². The van der Waals surface area contributed by atoms with E-state index in [0.717, 1.165) is 25.7 Å². The molecule has 1 fully saturated rings. The fraction of sp³-hybridized carbons (Fsp3) is 0.588. The average molecular weight is 275 g/mol. The first-order valence-corrected chi connectivity index (χ1v) is 7.49. The van der Waals surface area contributed by atoms with Crippen molar-refractivity contribution < 1.29 is 9.90 Å². The molecule has 1 amide bonds. The molecule has 3 heteroatoms. The minimum absolute atomic E-state index is 0.0297. The number of carbonyl (C=O) groups is 1. The zero-order valence-electron chi connectivity index (χ0n) is 12.4. The number of hydrogen-bond acceptors (Lipinski definition) is 2. The second-order valence-corrected chi connectivity index (χ2v) is 6.49. The number of aliphatic hydroxyl groups is 1. The Balaban J connectivity index is 1.87. The Hall–Kier alpha value is -1.35. The van der Waals surface area contributed by atoms with Gasteiger partial charge in [-0.15, -0.1) is 0 Å². The summed E-state index contributed by atoms with van der Waals surface area (Å²) in [6.07, 6.45) is 4.02. The smallest absolute Gasteiger partial charge is 0.223 e. The number of nitrogens with one attached hydrogen (secondary N) is 1. The molecule has 0 spiro atoms. The van der Waals surface area contributed by atoms with Crippen LogP contribution in [0.5, 0.6) is 0 Å². The zero-order valence-corrected chi connectivity index (χ0v) is 12.4. The van der Waals surface area contributed by atoms with Crippen LogP contribution in [0.1, 0.15) is 51.0 Å². The Kier molecular flexibility index (Phi) is 4.81. The molecular weight excluding hydrogens is 250 g/mol. The van der Waals surface area contributed by atoms with Crippen molar-refractivity contribution in [2.45, 2.75) is 51.0 Å². The van der Waals surface area contributed by atoms with Gasteiger partial charge in [-0.25, -0.2) is 0 Å². The number of benzene rings is 1. The predicted octanol–water partition coefficient (Wildman–Crippen LogP) is 2.85. The monoisotopic (exact) mass is 275 g/mol. The molecule has 0 saturated heterocycles. The zero-order chi connectivity index (χ0) is 14.6. The minimum atomic E-state index is -0.520. The van der Waals surface area contributed by atoms with Gasteiger partial charge in [0.25, 0.3) is 0 Å². The van der Waals surface area contributed by atoms with Crippen LogP contribution < -0.4 is 5.32 Å². The van der Waals surface area contributed by atoms with Gasteiger partial charge in [-0.2, -0.15) is 0 Å². The van der Waals surface area contributed by atoms with Crippen molar-refractivity contribution in [2.75, 3.05) is 6.61 Å². The van der Waals surface area contributed by atoms with E-state index in [-0.39, 0.29) is 18.4 Å². The average Bonchev–Trinajstić information content (AvgIpc) is 2.48. The summed E-state index contributed by atoms with van der Waals surface area (Å²) in [5.74, 6) is 0.780. The third kappa shape index (κ3) is 3.83. The Morgan fingerprint density at radius 3 is 2.35 bits per heavy atom. The van der Waals surface area contributed by atoms with Gasteiger partial charge in [0, 0.05) is 5.92 Å². The van der Waals surface area contributed by atoms with Gasteiger partial charge in [0.15, 0.2) is 0 Å². The van der Waals surface area contributed by atoms with Crippen molar-refractivity contribution in [3.63, 3.8) is 0 Å². The summed E-state index contributed by atoms with van der Waals surface area (Å²) in [5.41, 5.74) is 0.870. The van der Waals surface area contributed by atoms with E-state index in [2.05, 4.69) is 29.6 Å². The molecule has 0 unspecified atom stereocenters. The summed E-state index contributed by atoms with van der Waals surface area (Å²) < 4.78 is 0. The van der Waals surface area contributed by atoms with Crippen LogP contribution in [-0.2, 0) is 4.79 Å². The lowest BCUT2D eigenvalue weighted by atomic mass is 9.78. The van der Waals surface area contributed by atoms with Crippen LogP contribution in [0.25, 0.3) is 0 Å². The normalized spacial score (nSPS) is 23.4. The number of amides is 1. The number of aliphatic hydroxyl groups excluding tert-OH is 1. The van der Waals surface area contributed by atoms with Crippen molar-refractivity contribution in [1.29, 1.82) is 0 Å². The molecule has 0 aromatic heterocycles. The Labute approximate surface area is 121 Å². The molecule has 0 bridgehead atoms. The molecule has 1 aromatic carbocycles. The third-order valence-electron chi connectivity index (χ3n) is 4.23. The first-order chi connectivity index (χ1) is 9.52. The van der Waals surface area contributed by atoms with Gasteiger partial charge >= 0.3 is 0 Å². The topological polar surface area (TPSA) is 49.3 Å². The Morgan fingerprint density at radius 1 is 1.20 bits per heavy atom. The minimum Gasteiger partial charge on any atom is -0.394 e. The highest BCUT2D eigenvalue weighted by atomic mass is 16.3. The van der Waals surface area contributed by atoms with Crippen molar-refractivity contribution in [3.8, 4) is 0 Å². The molecule has 110 valence electrons. The fourth-order valence-corrected chi connectivity index (χ4v) is 2.89. The molecule has 0 aliphatic heterocycles. The first kappa shape index (κ1) is 15.0. The molecular formula is C17H25NO2. The van der Waals surface area contributed by atoms with E-state index < -0.39 is 5.54 Å². The molecule has 0 radical (unpaired) electrons. The fourth-order valence-electron chi connectivity index (χ4n) is 2.89. The Bertz CT molecular complexity index is 434. The van der Waals surface area contributed by atoms with Crippen molar-refractivity contribution in [1.82, 2.24) is 5.32 Å². The van der Waals surface area contributed by atoms with Gasteiger partial charge in [-0.1, -0.05) is 30.3 Å². The summed E-state index contributed by atoms with van der Waals surface area (Å²) in [4.78, 5) is 12.2. The summed E-state index contributed by atoms with van der Waals surface area (Å²) in [5, 5.41) is 12.2. The van der Waals surface area contributed by atoms with Crippen LogP contribution >= 0.6 is 0 Å². The van der Waals surface area contributed by atoms with Crippen LogP contribution in [0.4, 0.5) is 0 Å². The molecule has 0 atom stereocenters. The van der Waals surface area contributed by atoms with Gasteiger partial charge in [0.1, 0.15) is 0 Å². The van der Waals surface area contributed by atoms with Gasteiger partial charge in [-0.05, 0) is 51.0 Å². The maximum absolute atomic E-state index is 12.2. The molecule has 1 aromatic rings. The maximum Gasteiger partial charge on any atom is 0.223 e. The van der Waals surface area contributed by atoms with Crippen LogP contribution in [-0.4, -0.2) is 23.2 Å². The molecule has 2 rings (SSSR count). The van der Waals surface area contributed by atoms with E-state index >= 15 is 0 Å². The first-order valence-electron chi connectivity index (χ1n) is 7.49. The van der Waals surface area contributed by atoms with E-state index in [1.54, 1.807) is 0 Å². The highest BCUT2D eigenvalue weighted by molar-refractivity contribution is 5.79. The highest BCUT2D eigenvalue weighted by Crippen LogP contribution is 2.35. The maximum atomic E-state index is 12.2. The summed E-state index contributed by atoms with van der Waals surface area (Å²) in [7, 11) is 0. The third-order valence-corrected chi connectivity index (χ3v) is 4.23. The van der Waals surface area contributed by atoms with Gasteiger partial charge < -0.3 is 10.4 Å². The van der Waals surface area contributed by atoms with Crippen molar-refractivity contribution in [2.24, 2.45) is 5.92 Å². The molecule has 20 heavy (non-hydrogen) atoms. The van der Waals surface area contributed by atoms with Crippen LogP contribution in [0.3, 0.4) is 0 Å². The largest absolute Gasteiger partial charge is 0.394 e. The molecule has 1 saturated carbocycles.